The van der Waals surface area contributed by atoms with Crippen molar-refractivity contribution < 1.29 is 9.53 Å². The maximum Gasteiger partial charge on any atom is 0.254 e. The molecule has 21 heavy (non-hydrogen) atoms. The SMILES string of the molecule is Cc1ccc(N)cc1C(=O)N1CCOC2CCCCC21.Cl. The number of carbonyl (C=O) groups excluding carboxylic acids is 1. The van der Waals surface area contributed by atoms with Crippen molar-refractivity contribution in [2.75, 3.05) is 18.9 Å². The van der Waals surface area contributed by atoms with Crippen molar-refractivity contribution in [1.82, 2.24) is 4.90 Å². The van der Waals surface area contributed by atoms with Crippen molar-refractivity contribution in [2.24, 2.45) is 0 Å². The Morgan fingerprint density at radius 2 is 2.10 bits per heavy atom. The highest BCUT2D eigenvalue weighted by Crippen LogP contribution is 2.30. The summed E-state index contributed by atoms with van der Waals surface area (Å²) in [6.45, 7) is 3.30. The van der Waals surface area contributed by atoms with Crippen molar-refractivity contribution in [1.29, 1.82) is 0 Å². The number of ether oxygens (including phenoxy) is 1. The van der Waals surface area contributed by atoms with Gasteiger partial charge in [0.15, 0.2) is 0 Å². The minimum atomic E-state index is 0. The van der Waals surface area contributed by atoms with Crippen LogP contribution in [0.5, 0.6) is 0 Å². The molecule has 1 saturated carbocycles. The predicted molar refractivity (Wildman–Crippen MR) is 85.9 cm³/mol. The van der Waals surface area contributed by atoms with Crippen LogP contribution in [-0.4, -0.2) is 36.1 Å². The van der Waals surface area contributed by atoms with E-state index in [4.69, 9.17) is 10.5 Å². The van der Waals surface area contributed by atoms with Gasteiger partial charge in [0, 0.05) is 17.8 Å². The van der Waals surface area contributed by atoms with Crippen LogP contribution in [0.1, 0.15) is 41.6 Å². The van der Waals surface area contributed by atoms with Crippen LogP contribution in [0, 0.1) is 6.92 Å². The van der Waals surface area contributed by atoms with Gasteiger partial charge in [0.05, 0.1) is 18.8 Å². The van der Waals surface area contributed by atoms with Crippen molar-refractivity contribution >= 4 is 24.0 Å². The van der Waals surface area contributed by atoms with Gasteiger partial charge in [0.2, 0.25) is 0 Å². The number of rotatable bonds is 1. The summed E-state index contributed by atoms with van der Waals surface area (Å²) in [6.07, 6.45) is 4.75. The van der Waals surface area contributed by atoms with Crippen molar-refractivity contribution in [3.05, 3.63) is 29.3 Å². The van der Waals surface area contributed by atoms with Gasteiger partial charge in [0.25, 0.3) is 5.91 Å². The Balaban J connectivity index is 0.00000161. The zero-order valence-corrected chi connectivity index (χ0v) is 13.2. The summed E-state index contributed by atoms with van der Waals surface area (Å²) in [7, 11) is 0. The maximum absolute atomic E-state index is 12.8. The Hall–Kier alpha value is -1.26. The van der Waals surface area contributed by atoms with Gasteiger partial charge < -0.3 is 15.4 Å². The number of nitrogens with two attached hydrogens (primary N) is 1. The van der Waals surface area contributed by atoms with Gasteiger partial charge in [-0.3, -0.25) is 4.79 Å². The minimum Gasteiger partial charge on any atom is -0.399 e. The van der Waals surface area contributed by atoms with E-state index in [0.29, 0.717) is 18.8 Å². The Labute approximate surface area is 132 Å². The lowest BCUT2D eigenvalue weighted by Crippen LogP contribution is -2.54. The van der Waals surface area contributed by atoms with Gasteiger partial charge >= 0.3 is 0 Å². The quantitative estimate of drug-likeness (QED) is 0.812. The summed E-state index contributed by atoms with van der Waals surface area (Å²) < 4.78 is 5.83. The molecule has 5 heteroatoms. The fourth-order valence-electron chi connectivity index (χ4n) is 3.37. The van der Waals surface area contributed by atoms with Crippen molar-refractivity contribution in [3.8, 4) is 0 Å². The first-order valence-electron chi connectivity index (χ1n) is 7.45. The van der Waals surface area contributed by atoms with Crippen LogP contribution in [-0.2, 0) is 4.74 Å². The number of aryl methyl sites for hydroxylation is 1. The third-order valence-electron chi connectivity index (χ3n) is 4.49. The molecule has 0 radical (unpaired) electrons. The summed E-state index contributed by atoms with van der Waals surface area (Å²) >= 11 is 0. The largest absolute Gasteiger partial charge is 0.399 e. The predicted octanol–water partition coefficient (Wildman–Crippen LogP) is 2.78. The smallest absolute Gasteiger partial charge is 0.254 e. The number of halogens is 1. The van der Waals surface area contributed by atoms with E-state index < -0.39 is 0 Å². The lowest BCUT2D eigenvalue weighted by Gasteiger charge is -2.44. The second-order valence-electron chi connectivity index (χ2n) is 5.83. The number of hydrogen-bond acceptors (Lipinski definition) is 3. The highest BCUT2D eigenvalue weighted by molar-refractivity contribution is 5.96. The molecule has 2 aliphatic rings. The average Bonchev–Trinajstić information content (AvgIpc) is 2.48. The maximum atomic E-state index is 12.8. The van der Waals surface area contributed by atoms with E-state index in [1.807, 2.05) is 24.0 Å². The van der Waals surface area contributed by atoms with Crippen LogP contribution in [0.4, 0.5) is 5.69 Å². The van der Waals surface area contributed by atoms with Crippen LogP contribution in [0.3, 0.4) is 0 Å². The number of benzene rings is 1. The van der Waals surface area contributed by atoms with Gasteiger partial charge in [-0.15, -0.1) is 12.4 Å². The number of fused-ring (bicyclic) bond motifs is 1. The van der Waals surface area contributed by atoms with E-state index in [9.17, 15) is 4.79 Å². The molecule has 1 aromatic rings. The highest BCUT2D eigenvalue weighted by atomic mass is 35.5. The summed E-state index contributed by atoms with van der Waals surface area (Å²) in [5.74, 6) is 0.106. The van der Waals surface area contributed by atoms with Crippen molar-refractivity contribution in [2.45, 2.75) is 44.8 Å². The lowest BCUT2D eigenvalue weighted by atomic mass is 9.89. The number of nitrogens with zero attached hydrogens (tertiary/aromatic N) is 1. The van der Waals surface area contributed by atoms with E-state index in [1.165, 1.54) is 12.8 Å². The molecule has 2 fully saturated rings. The molecular formula is C16H23ClN2O2. The number of anilines is 1. The molecule has 0 spiro atoms. The Bertz CT molecular complexity index is 519. The van der Waals surface area contributed by atoms with Crippen molar-refractivity contribution in [3.63, 3.8) is 0 Å². The van der Waals surface area contributed by atoms with Crippen LogP contribution in [0.2, 0.25) is 0 Å². The van der Waals surface area contributed by atoms with Gasteiger partial charge in [-0.05, 0) is 37.5 Å². The number of amides is 1. The lowest BCUT2D eigenvalue weighted by molar-refractivity contribution is -0.0753. The van der Waals surface area contributed by atoms with Gasteiger partial charge in [-0.25, -0.2) is 0 Å². The van der Waals surface area contributed by atoms with Crippen LogP contribution >= 0.6 is 12.4 Å². The molecular weight excluding hydrogens is 288 g/mol. The van der Waals surface area contributed by atoms with E-state index in [1.54, 1.807) is 6.07 Å². The number of morpholine rings is 1. The summed E-state index contributed by atoms with van der Waals surface area (Å²) in [6, 6.07) is 5.80. The molecule has 116 valence electrons. The van der Waals surface area contributed by atoms with Crippen LogP contribution < -0.4 is 5.73 Å². The second kappa shape index (κ2) is 6.67. The molecule has 2 N–H and O–H groups in total. The molecule has 2 unspecified atom stereocenters. The first-order valence-corrected chi connectivity index (χ1v) is 7.45. The third-order valence-corrected chi connectivity index (χ3v) is 4.49. The molecule has 4 nitrogen and oxygen atoms in total. The fourth-order valence-corrected chi connectivity index (χ4v) is 3.37. The van der Waals surface area contributed by atoms with Gasteiger partial charge in [-0.2, -0.15) is 0 Å². The molecule has 1 aromatic carbocycles. The zero-order chi connectivity index (χ0) is 14.1. The summed E-state index contributed by atoms with van der Waals surface area (Å²) in [4.78, 5) is 14.9. The highest BCUT2D eigenvalue weighted by Gasteiger charge is 2.37. The summed E-state index contributed by atoms with van der Waals surface area (Å²) in [5.41, 5.74) is 8.20. The third kappa shape index (κ3) is 3.16. The number of carbonyl (C=O) groups is 1. The molecule has 1 aliphatic carbocycles. The summed E-state index contributed by atoms with van der Waals surface area (Å²) in [5, 5.41) is 0. The molecule has 2 atom stereocenters. The molecule has 0 aromatic heterocycles. The Morgan fingerprint density at radius 3 is 2.90 bits per heavy atom. The zero-order valence-electron chi connectivity index (χ0n) is 12.4. The fraction of sp³-hybridized carbons (Fsp3) is 0.562. The van der Waals surface area contributed by atoms with E-state index >= 15 is 0 Å². The van der Waals surface area contributed by atoms with E-state index in [2.05, 4.69) is 0 Å². The number of hydrogen-bond donors (Lipinski definition) is 1. The van der Waals surface area contributed by atoms with E-state index in [0.717, 1.165) is 24.0 Å². The average molecular weight is 311 g/mol. The normalized spacial score (nSPS) is 24.9. The monoisotopic (exact) mass is 310 g/mol. The second-order valence-corrected chi connectivity index (χ2v) is 5.83. The molecule has 3 rings (SSSR count). The van der Waals surface area contributed by atoms with Gasteiger partial charge in [0.1, 0.15) is 0 Å². The minimum absolute atomic E-state index is 0. The van der Waals surface area contributed by atoms with Crippen LogP contribution in [0.15, 0.2) is 18.2 Å². The molecule has 1 saturated heterocycles. The first kappa shape index (κ1) is 16.1. The molecule has 1 amide bonds. The molecule has 1 aliphatic heterocycles. The molecule has 0 bridgehead atoms. The Morgan fingerprint density at radius 1 is 1.33 bits per heavy atom. The standard InChI is InChI=1S/C16H22N2O2.ClH/c1-11-6-7-12(17)10-13(11)16(19)18-8-9-20-15-5-3-2-4-14(15)18;/h6-7,10,14-15H,2-5,8-9,17H2,1H3;1H. The Kier molecular flexibility index (Phi) is 5.12. The first-order chi connectivity index (χ1) is 9.66. The van der Waals surface area contributed by atoms with E-state index in [-0.39, 0.29) is 30.5 Å². The topological polar surface area (TPSA) is 55.6 Å². The molecule has 1 heterocycles. The van der Waals surface area contributed by atoms with Crippen LogP contribution in [0.25, 0.3) is 0 Å². The van der Waals surface area contributed by atoms with Gasteiger partial charge in [-0.1, -0.05) is 18.9 Å². The number of nitrogen functional groups attached to an aromatic ring is 1.